The number of hydrogen-bond donors (Lipinski definition) is 3. The van der Waals surface area contributed by atoms with Gasteiger partial charge in [0.15, 0.2) is 0 Å². The summed E-state index contributed by atoms with van der Waals surface area (Å²) in [5, 5.41) is 14.4. The molecule has 0 unspecified atom stereocenters. The van der Waals surface area contributed by atoms with Crippen LogP contribution in [0.2, 0.25) is 5.02 Å². The number of nitrogens with one attached hydrogen (secondary N) is 1. The molecule has 3 aromatic rings. The van der Waals surface area contributed by atoms with Crippen LogP contribution < -0.4 is 11.1 Å². The van der Waals surface area contributed by atoms with E-state index >= 15 is 0 Å². The van der Waals surface area contributed by atoms with Gasteiger partial charge in [0.2, 0.25) is 0 Å². The molecule has 4 N–H and O–H groups in total. The fourth-order valence-corrected chi connectivity index (χ4v) is 3.80. The Hall–Kier alpha value is -2.90. The third-order valence-electron chi connectivity index (χ3n) is 5.17. The van der Waals surface area contributed by atoms with E-state index in [0.717, 1.165) is 31.5 Å². The number of phenols is 1. The first kappa shape index (κ1) is 19.4. The maximum atomic E-state index is 12.7. The molecular weight excluding hydrogens is 390 g/mol. The minimum Gasteiger partial charge on any atom is -0.508 e. The minimum atomic E-state index is -0.0638. The summed E-state index contributed by atoms with van der Waals surface area (Å²) in [6.07, 6.45) is 3.48. The fraction of sp³-hybridized carbons (Fsp3) is 0.286. The summed E-state index contributed by atoms with van der Waals surface area (Å²) in [4.78, 5) is 23.2. The zero-order valence-corrected chi connectivity index (χ0v) is 16.6. The van der Waals surface area contributed by atoms with Crippen molar-refractivity contribution in [3.8, 4) is 5.75 Å². The molecule has 8 heteroatoms. The van der Waals surface area contributed by atoms with Crippen molar-refractivity contribution in [3.05, 3.63) is 58.4 Å². The van der Waals surface area contributed by atoms with Crippen molar-refractivity contribution in [2.75, 3.05) is 18.4 Å². The van der Waals surface area contributed by atoms with E-state index in [0.29, 0.717) is 46.0 Å². The van der Waals surface area contributed by atoms with E-state index in [1.54, 1.807) is 24.3 Å². The Morgan fingerprint density at radius 2 is 2.00 bits per heavy atom. The average Bonchev–Trinajstić information content (AvgIpc) is 3.27. The average molecular weight is 412 g/mol. The minimum absolute atomic E-state index is 0.0638. The highest BCUT2D eigenvalue weighted by Crippen LogP contribution is 2.29. The lowest BCUT2D eigenvalue weighted by Crippen LogP contribution is -2.27. The molecule has 4 rings (SSSR count). The number of carbonyl (C=O) groups excluding carboxylic acids is 1. The lowest BCUT2D eigenvalue weighted by molar-refractivity contribution is 0.0793. The molecule has 0 radical (unpaired) electrons. The first-order valence-corrected chi connectivity index (χ1v) is 9.93. The summed E-state index contributed by atoms with van der Waals surface area (Å²) in [6.45, 7) is 2.27. The lowest BCUT2D eigenvalue weighted by Gasteiger charge is -2.17. The Morgan fingerprint density at radius 1 is 1.21 bits per heavy atom. The largest absolute Gasteiger partial charge is 0.508 e. The van der Waals surface area contributed by atoms with E-state index < -0.39 is 0 Å². The molecule has 0 saturated carbocycles. The summed E-state index contributed by atoms with van der Waals surface area (Å²) in [7, 11) is 0. The maximum absolute atomic E-state index is 12.7. The first-order valence-electron chi connectivity index (χ1n) is 9.55. The molecule has 1 aromatic heterocycles. The van der Waals surface area contributed by atoms with Crippen molar-refractivity contribution >= 4 is 34.2 Å². The van der Waals surface area contributed by atoms with Crippen LogP contribution in [-0.4, -0.2) is 39.0 Å². The predicted molar refractivity (Wildman–Crippen MR) is 113 cm³/mol. The van der Waals surface area contributed by atoms with Gasteiger partial charge in [-0.1, -0.05) is 17.7 Å². The highest BCUT2D eigenvalue weighted by Gasteiger charge is 2.22. The smallest absolute Gasteiger partial charge is 0.255 e. The van der Waals surface area contributed by atoms with Gasteiger partial charge in [-0.25, -0.2) is 9.97 Å². The van der Waals surface area contributed by atoms with Crippen LogP contribution in [0.25, 0.3) is 10.9 Å². The normalized spacial score (nSPS) is 13.8. The lowest BCUT2D eigenvalue weighted by atomic mass is 10.1. The molecular formula is C21H22ClN5O2. The van der Waals surface area contributed by atoms with Gasteiger partial charge in [-0.05, 0) is 42.7 Å². The van der Waals surface area contributed by atoms with Crippen LogP contribution >= 0.6 is 11.6 Å². The Labute approximate surface area is 173 Å². The second-order valence-corrected chi connectivity index (χ2v) is 7.50. The molecule has 0 aliphatic carbocycles. The van der Waals surface area contributed by atoms with Gasteiger partial charge in [0.25, 0.3) is 5.91 Å². The molecule has 2 heterocycles. The topological polar surface area (TPSA) is 104 Å². The molecule has 7 nitrogen and oxygen atoms in total. The number of amides is 1. The van der Waals surface area contributed by atoms with Crippen molar-refractivity contribution < 1.29 is 9.90 Å². The van der Waals surface area contributed by atoms with E-state index in [1.165, 1.54) is 6.33 Å². The second kappa shape index (κ2) is 8.23. The molecule has 150 valence electrons. The molecule has 29 heavy (non-hydrogen) atoms. The van der Waals surface area contributed by atoms with Crippen LogP contribution in [-0.2, 0) is 13.1 Å². The van der Waals surface area contributed by atoms with Gasteiger partial charge in [-0.2, -0.15) is 0 Å². The van der Waals surface area contributed by atoms with E-state index in [2.05, 4.69) is 15.3 Å². The molecule has 1 saturated heterocycles. The molecule has 2 aromatic carbocycles. The molecule has 0 spiro atoms. The number of fused-ring (bicyclic) bond motifs is 1. The van der Waals surface area contributed by atoms with E-state index in [1.807, 2.05) is 11.0 Å². The van der Waals surface area contributed by atoms with Gasteiger partial charge >= 0.3 is 0 Å². The fourth-order valence-electron chi connectivity index (χ4n) is 3.56. The van der Waals surface area contributed by atoms with E-state index in [-0.39, 0.29) is 11.7 Å². The summed E-state index contributed by atoms with van der Waals surface area (Å²) >= 11 is 6.45. The SMILES string of the molecule is NCc1ccc(O)c(CNc2ncnc3cc(C(=O)N4CCCC4)c(Cl)cc23)c1. The molecule has 1 aliphatic rings. The third kappa shape index (κ3) is 3.97. The Kier molecular flexibility index (Phi) is 5.51. The number of nitrogens with two attached hydrogens (primary N) is 1. The van der Waals surface area contributed by atoms with Crippen molar-refractivity contribution in [2.45, 2.75) is 25.9 Å². The van der Waals surface area contributed by atoms with Gasteiger partial charge in [-0.15, -0.1) is 0 Å². The van der Waals surface area contributed by atoms with Crippen LogP contribution in [0.5, 0.6) is 5.75 Å². The summed E-state index contributed by atoms with van der Waals surface area (Å²) in [5.41, 5.74) is 8.42. The van der Waals surface area contributed by atoms with Gasteiger partial charge in [0.1, 0.15) is 17.9 Å². The van der Waals surface area contributed by atoms with Crippen LogP contribution in [0.3, 0.4) is 0 Å². The summed E-state index contributed by atoms with van der Waals surface area (Å²) < 4.78 is 0. The number of aromatic hydroxyl groups is 1. The van der Waals surface area contributed by atoms with Gasteiger partial charge in [0.05, 0.1) is 16.1 Å². The highest BCUT2D eigenvalue weighted by molar-refractivity contribution is 6.34. The summed E-state index contributed by atoms with van der Waals surface area (Å²) in [5.74, 6) is 0.699. The Balaban J connectivity index is 1.62. The van der Waals surface area contributed by atoms with Gasteiger partial charge < -0.3 is 21.1 Å². The number of hydrogen-bond acceptors (Lipinski definition) is 6. The molecule has 1 fully saturated rings. The van der Waals surface area contributed by atoms with Crippen LogP contribution in [0.15, 0.2) is 36.7 Å². The summed E-state index contributed by atoms with van der Waals surface area (Å²) in [6, 6.07) is 8.71. The Bertz CT molecular complexity index is 1070. The van der Waals surface area contributed by atoms with Crippen LogP contribution in [0.4, 0.5) is 5.82 Å². The van der Waals surface area contributed by atoms with Gasteiger partial charge in [0, 0.05) is 37.1 Å². The Morgan fingerprint density at radius 3 is 2.76 bits per heavy atom. The van der Waals surface area contributed by atoms with Gasteiger partial charge in [-0.3, -0.25) is 4.79 Å². The van der Waals surface area contributed by atoms with E-state index in [4.69, 9.17) is 17.3 Å². The molecule has 0 bridgehead atoms. The van der Waals surface area contributed by atoms with Crippen molar-refractivity contribution in [3.63, 3.8) is 0 Å². The number of aromatic nitrogens is 2. The zero-order chi connectivity index (χ0) is 20.4. The predicted octanol–water partition coefficient (Wildman–Crippen LogP) is 3.30. The number of nitrogens with zero attached hydrogens (tertiary/aromatic N) is 3. The number of anilines is 1. The standard InChI is InChI=1S/C21H22ClN5O2/c22-17-8-16-18(9-15(17)21(29)27-5-1-2-6-27)25-12-26-20(16)24-11-14-7-13(10-23)3-4-19(14)28/h3-4,7-9,12,28H,1-2,5-6,10-11,23H2,(H,24,25,26). The molecule has 1 amide bonds. The van der Waals surface area contributed by atoms with E-state index in [9.17, 15) is 9.90 Å². The number of phenolic OH excluding ortho intramolecular Hbond substituents is 1. The maximum Gasteiger partial charge on any atom is 0.255 e. The quantitative estimate of drug-likeness (QED) is 0.595. The highest BCUT2D eigenvalue weighted by atomic mass is 35.5. The van der Waals surface area contributed by atoms with Crippen LogP contribution in [0, 0.1) is 0 Å². The van der Waals surface area contributed by atoms with Crippen LogP contribution in [0.1, 0.15) is 34.3 Å². The van der Waals surface area contributed by atoms with Crippen molar-refractivity contribution in [1.82, 2.24) is 14.9 Å². The second-order valence-electron chi connectivity index (χ2n) is 7.09. The number of likely N-dealkylation sites (tertiary alicyclic amines) is 1. The third-order valence-corrected chi connectivity index (χ3v) is 5.49. The van der Waals surface area contributed by atoms with Crippen molar-refractivity contribution in [1.29, 1.82) is 0 Å². The first-order chi connectivity index (χ1) is 14.1. The number of halogens is 1. The monoisotopic (exact) mass is 411 g/mol. The van der Waals surface area contributed by atoms with Crippen molar-refractivity contribution in [2.24, 2.45) is 5.73 Å². The number of carbonyl (C=O) groups is 1. The zero-order valence-electron chi connectivity index (χ0n) is 15.9. The molecule has 1 aliphatic heterocycles. The molecule has 0 atom stereocenters. The number of rotatable bonds is 5. The number of benzene rings is 2.